The lowest BCUT2D eigenvalue weighted by Crippen LogP contribution is -2.37. The molecule has 6 heteroatoms. The Balaban J connectivity index is 2.69. The zero-order chi connectivity index (χ0) is 20.1. The van der Waals surface area contributed by atoms with E-state index in [1.165, 1.54) is 55.4 Å². The standard InChI is InChI=1S/C21H39NO4S/c1-3-4-5-6-8-11-14-19-15-12-9-7-10-13-16-20(19)21(23)22(2)17-18-27(24,25)26/h15,20H,3-14,16-18H2,1-2H3,(H,24,25,26)/b19-15-. The van der Waals surface area contributed by atoms with Crippen LogP contribution < -0.4 is 0 Å². The lowest BCUT2D eigenvalue weighted by atomic mass is 9.88. The zero-order valence-corrected chi connectivity index (χ0v) is 18.1. The van der Waals surface area contributed by atoms with Crippen LogP contribution in [0, 0.1) is 5.92 Å². The average Bonchev–Trinajstić information content (AvgIpc) is 2.73. The minimum atomic E-state index is -4.05. The van der Waals surface area contributed by atoms with Crippen molar-refractivity contribution in [3.05, 3.63) is 11.6 Å². The van der Waals surface area contributed by atoms with Gasteiger partial charge in [0.25, 0.3) is 10.1 Å². The quantitative estimate of drug-likeness (QED) is 0.301. The van der Waals surface area contributed by atoms with E-state index < -0.39 is 15.9 Å². The number of hydrogen-bond donors (Lipinski definition) is 1. The Labute approximate surface area is 166 Å². The highest BCUT2D eigenvalue weighted by atomic mass is 32.2. The molecule has 0 aromatic carbocycles. The molecular formula is C21H39NO4S. The molecule has 0 fully saturated rings. The fourth-order valence-electron chi connectivity index (χ4n) is 3.76. The van der Waals surface area contributed by atoms with E-state index in [2.05, 4.69) is 13.0 Å². The van der Waals surface area contributed by atoms with Gasteiger partial charge in [-0.15, -0.1) is 0 Å². The molecule has 0 saturated carbocycles. The van der Waals surface area contributed by atoms with Crippen LogP contribution in [0.5, 0.6) is 0 Å². The summed E-state index contributed by atoms with van der Waals surface area (Å²) in [5.41, 5.74) is 1.25. The lowest BCUT2D eigenvalue weighted by Gasteiger charge is -2.26. The SMILES string of the molecule is CCCCCCCC/C1=C/CCCCCCC1C(=O)N(C)CCS(=O)(=O)O. The van der Waals surface area contributed by atoms with Crippen molar-refractivity contribution in [2.24, 2.45) is 5.92 Å². The van der Waals surface area contributed by atoms with Crippen molar-refractivity contribution in [3.63, 3.8) is 0 Å². The highest BCUT2D eigenvalue weighted by molar-refractivity contribution is 7.85. The number of amides is 1. The van der Waals surface area contributed by atoms with Gasteiger partial charge in [-0.1, -0.05) is 69.9 Å². The zero-order valence-electron chi connectivity index (χ0n) is 17.3. The average molecular weight is 402 g/mol. The molecule has 1 N–H and O–H groups in total. The Bertz CT molecular complexity index is 557. The van der Waals surface area contributed by atoms with Crippen LogP contribution in [0.4, 0.5) is 0 Å². The third-order valence-corrected chi connectivity index (χ3v) is 6.18. The number of carbonyl (C=O) groups is 1. The second kappa shape index (κ2) is 13.3. The fourth-order valence-corrected chi connectivity index (χ4v) is 4.26. The van der Waals surface area contributed by atoms with E-state index in [-0.39, 0.29) is 18.4 Å². The molecular weight excluding hydrogens is 362 g/mol. The molecule has 1 unspecified atom stereocenters. The van der Waals surface area contributed by atoms with Crippen LogP contribution in [0.3, 0.4) is 0 Å². The van der Waals surface area contributed by atoms with E-state index in [0.717, 1.165) is 38.5 Å². The number of allylic oxidation sites excluding steroid dienone is 1. The predicted molar refractivity (Wildman–Crippen MR) is 111 cm³/mol. The van der Waals surface area contributed by atoms with E-state index in [9.17, 15) is 13.2 Å². The Hall–Kier alpha value is -0.880. The number of carbonyl (C=O) groups excluding carboxylic acids is 1. The van der Waals surface area contributed by atoms with Crippen LogP contribution in [-0.2, 0) is 14.9 Å². The molecule has 1 amide bonds. The third kappa shape index (κ3) is 10.9. The van der Waals surface area contributed by atoms with Gasteiger partial charge in [0, 0.05) is 13.6 Å². The van der Waals surface area contributed by atoms with E-state index in [1.54, 1.807) is 7.05 Å². The molecule has 0 bridgehead atoms. The molecule has 5 nitrogen and oxygen atoms in total. The minimum absolute atomic E-state index is 0.00205. The van der Waals surface area contributed by atoms with Crippen molar-refractivity contribution in [3.8, 4) is 0 Å². The highest BCUT2D eigenvalue weighted by Crippen LogP contribution is 2.28. The van der Waals surface area contributed by atoms with Crippen molar-refractivity contribution < 1.29 is 17.8 Å². The summed E-state index contributed by atoms with van der Waals surface area (Å²) in [4.78, 5) is 14.5. The predicted octanol–water partition coefficient (Wildman–Crippen LogP) is 4.98. The number of nitrogens with zero attached hydrogens (tertiary/aromatic N) is 1. The normalized spacial score (nSPS) is 20.9. The van der Waals surface area contributed by atoms with Crippen molar-refractivity contribution in [2.75, 3.05) is 19.3 Å². The maximum atomic E-state index is 13.0. The van der Waals surface area contributed by atoms with Gasteiger partial charge in [0.2, 0.25) is 5.91 Å². The van der Waals surface area contributed by atoms with E-state index in [1.807, 2.05) is 0 Å². The molecule has 0 aromatic rings. The second-order valence-corrected chi connectivity index (χ2v) is 9.46. The topological polar surface area (TPSA) is 74.7 Å². The summed E-state index contributed by atoms with van der Waals surface area (Å²) in [6.45, 7) is 2.26. The third-order valence-electron chi connectivity index (χ3n) is 5.48. The minimum Gasteiger partial charge on any atom is -0.344 e. The van der Waals surface area contributed by atoms with Crippen LogP contribution in [-0.4, -0.2) is 43.1 Å². The number of rotatable bonds is 11. The van der Waals surface area contributed by atoms with Gasteiger partial charge in [0.1, 0.15) is 0 Å². The van der Waals surface area contributed by atoms with Crippen LogP contribution in [0.2, 0.25) is 0 Å². The number of unbranched alkanes of at least 4 members (excludes halogenated alkanes) is 5. The van der Waals surface area contributed by atoms with E-state index in [4.69, 9.17) is 4.55 Å². The van der Waals surface area contributed by atoms with Gasteiger partial charge in [0.15, 0.2) is 0 Å². The first kappa shape index (κ1) is 24.2. The number of hydrogen-bond acceptors (Lipinski definition) is 3. The second-order valence-electron chi connectivity index (χ2n) is 7.89. The van der Waals surface area contributed by atoms with Crippen LogP contribution >= 0.6 is 0 Å². The fraction of sp³-hybridized carbons (Fsp3) is 0.857. The summed E-state index contributed by atoms with van der Waals surface area (Å²) < 4.78 is 31.0. The highest BCUT2D eigenvalue weighted by Gasteiger charge is 2.26. The smallest absolute Gasteiger partial charge is 0.266 e. The van der Waals surface area contributed by atoms with Gasteiger partial charge in [-0.3, -0.25) is 9.35 Å². The summed E-state index contributed by atoms with van der Waals surface area (Å²) in [6.07, 6.45) is 17.1. The van der Waals surface area contributed by atoms with Gasteiger partial charge in [-0.25, -0.2) is 0 Å². The van der Waals surface area contributed by atoms with Crippen LogP contribution in [0.25, 0.3) is 0 Å². The van der Waals surface area contributed by atoms with E-state index >= 15 is 0 Å². The molecule has 0 radical (unpaired) electrons. The van der Waals surface area contributed by atoms with Crippen LogP contribution in [0.15, 0.2) is 11.6 Å². The molecule has 0 aliphatic heterocycles. The molecule has 0 spiro atoms. The van der Waals surface area contributed by atoms with Crippen molar-refractivity contribution in [2.45, 2.75) is 90.4 Å². The first-order chi connectivity index (χ1) is 12.8. The summed E-state index contributed by atoms with van der Waals surface area (Å²) >= 11 is 0. The Morgan fingerprint density at radius 1 is 1.11 bits per heavy atom. The maximum Gasteiger partial charge on any atom is 0.266 e. The Morgan fingerprint density at radius 3 is 2.48 bits per heavy atom. The van der Waals surface area contributed by atoms with Gasteiger partial charge in [-0.2, -0.15) is 8.42 Å². The van der Waals surface area contributed by atoms with Gasteiger partial charge in [0.05, 0.1) is 11.7 Å². The van der Waals surface area contributed by atoms with Crippen molar-refractivity contribution in [1.29, 1.82) is 0 Å². The largest absolute Gasteiger partial charge is 0.344 e. The summed E-state index contributed by atoms with van der Waals surface area (Å²) in [6, 6.07) is 0. The van der Waals surface area contributed by atoms with Crippen LogP contribution in [0.1, 0.15) is 90.4 Å². The van der Waals surface area contributed by atoms with Gasteiger partial charge < -0.3 is 4.90 Å². The van der Waals surface area contributed by atoms with Gasteiger partial charge in [-0.05, 0) is 32.1 Å². The molecule has 27 heavy (non-hydrogen) atoms. The summed E-state index contributed by atoms with van der Waals surface area (Å²) in [7, 11) is -2.41. The molecule has 1 aliphatic rings. The van der Waals surface area contributed by atoms with Crippen molar-refractivity contribution in [1.82, 2.24) is 4.90 Å². The molecule has 0 aromatic heterocycles. The van der Waals surface area contributed by atoms with Crippen molar-refractivity contribution >= 4 is 16.0 Å². The van der Waals surface area contributed by atoms with E-state index in [0.29, 0.717) is 0 Å². The molecule has 1 rings (SSSR count). The summed E-state index contributed by atoms with van der Waals surface area (Å²) in [5, 5.41) is 0. The van der Waals surface area contributed by atoms with Gasteiger partial charge >= 0.3 is 0 Å². The molecule has 0 heterocycles. The molecule has 158 valence electrons. The molecule has 1 aliphatic carbocycles. The Kier molecular flexibility index (Phi) is 11.9. The lowest BCUT2D eigenvalue weighted by molar-refractivity contribution is -0.133. The first-order valence-electron chi connectivity index (χ1n) is 10.7. The first-order valence-corrected chi connectivity index (χ1v) is 12.3. The molecule has 1 atom stereocenters. The Morgan fingerprint density at radius 2 is 1.78 bits per heavy atom. The molecule has 0 saturated heterocycles. The summed E-state index contributed by atoms with van der Waals surface area (Å²) in [5.74, 6) is -0.541. The maximum absolute atomic E-state index is 13.0. The monoisotopic (exact) mass is 401 g/mol.